The van der Waals surface area contributed by atoms with Crippen LogP contribution in [0.1, 0.15) is 28.3 Å². The van der Waals surface area contributed by atoms with Crippen molar-refractivity contribution in [3.05, 3.63) is 95.1 Å². The zero-order chi connectivity index (χ0) is 23.6. The minimum Gasteiger partial charge on any atom is -0.508 e. The maximum atomic E-state index is 12.5. The first-order valence-electron chi connectivity index (χ1n) is 10.1. The van der Waals surface area contributed by atoms with Crippen LogP contribution >= 0.6 is 0 Å². The van der Waals surface area contributed by atoms with Gasteiger partial charge in [-0.3, -0.25) is 0 Å². The Bertz CT molecular complexity index is 1170. The first-order valence-corrected chi connectivity index (χ1v) is 10.1. The quantitative estimate of drug-likeness (QED) is 0.495. The normalized spacial score (nSPS) is 16.0. The molecule has 0 radical (unpaired) electrons. The molecule has 170 valence electrons. The summed E-state index contributed by atoms with van der Waals surface area (Å²) >= 11 is 0. The van der Waals surface area contributed by atoms with Gasteiger partial charge in [0.25, 0.3) is 0 Å². The lowest BCUT2D eigenvalue weighted by Gasteiger charge is -2.39. The summed E-state index contributed by atoms with van der Waals surface area (Å²) in [6.07, 6.45) is -1.55. The van der Waals surface area contributed by atoms with Crippen molar-refractivity contribution in [2.24, 2.45) is 0 Å². The van der Waals surface area contributed by atoms with Gasteiger partial charge in [-0.2, -0.15) is 0 Å². The van der Waals surface area contributed by atoms with Gasteiger partial charge in [0.15, 0.2) is 0 Å². The number of fused-ring (bicyclic) bond motifs is 1. The number of benzene rings is 3. The Morgan fingerprint density at radius 1 is 1.03 bits per heavy atom. The van der Waals surface area contributed by atoms with E-state index in [1.165, 1.54) is 18.2 Å². The molecule has 8 heteroatoms. The molecule has 1 aliphatic rings. The number of anilines is 1. The van der Waals surface area contributed by atoms with E-state index in [2.05, 4.69) is 9.64 Å². The second kappa shape index (κ2) is 8.90. The van der Waals surface area contributed by atoms with Crippen LogP contribution in [-0.4, -0.2) is 29.1 Å². The van der Waals surface area contributed by atoms with Crippen molar-refractivity contribution in [3.63, 3.8) is 0 Å². The molecule has 0 amide bonds. The monoisotopic (exact) mass is 455 g/mol. The minimum atomic E-state index is -4.76. The van der Waals surface area contributed by atoms with Crippen LogP contribution in [0.25, 0.3) is 6.08 Å². The van der Waals surface area contributed by atoms with Crippen LogP contribution in [0.2, 0.25) is 0 Å². The van der Waals surface area contributed by atoms with E-state index >= 15 is 0 Å². The van der Waals surface area contributed by atoms with Gasteiger partial charge >= 0.3 is 12.3 Å². The van der Waals surface area contributed by atoms with Crippen molar-refractivity contribution in [3.8, 4) is 11.5 Å². The fourth-order valence-electron chi connectivity index (χ4n) is 4.05. The Kier molecular flexibility index (Phi) is 6.00. The second-order valence-electron chi connectivity index (χ2n) is 7.61. The van der Waals surface area contributed by atoms with E-state index in [1.807, 2.05) is 30.3 Å². The minimum absolute atomic E-state index is 0.170. The smallest absolute Gasteiger partial charge is 0.508 e. The molecule has 3 aromatic carbocycles. The first kappa shape index (κ1) is 22.3. The topological polar surface area (TPSA) is 70.0 Å². The third-order valence-corrected chi connectivity index (χ3v) is 5.43. The molecule has 0 saturated heterocycles. The summed E-state index contributed by atoms with van der Waals surface area (Å²) in [7, 11) is 0. The summed E-state index contributed by atoms with van der Waals surface area (Å²) in [5, 5.41) is 18.7. The van der Waals surface area contributed by atoms with Crippen LogP contribution in [0.4, 0.5) is 18.9 Å². The molecule has 0 spiro atoms. The molecular formula is C25H20F3NO4. The first-order chi connectivity index (χ1) is 15.7. The Balaban J connectivity index is 1.70. The van der Waals surface area contributed by atoms with Crippen molar-refractivity contribution in [1.29, 1.82) is 0 Å². The molecule has 33 heavy (non-hydrogen) atoms. The SMILES string of the molecule is O=C(O)/C=C/c1ccc(C2c3ccc(O)cc3CCN2c2ccc(OC(F)(F)F)cc2)cc1. The van der Waals surface area contributed by atoms with Crippen molar-refractivity contribution >= 4 is 17.7 Å². The maximum Gasteiger partial charge on any atom is 0.573 e. The van der Waals surface area contributed by atoms with Crippen LogP contribution in [-0.2, 0) is 11.2 Å². The number of carboxylic acids is 1. The number of rotatable bonds is 5. The number of halogens is 3. The predicted octanol–water partition coefficient (Wildman–Crippen LogP) is 5.54. The Morgan fingerprint density at radius 3 is 2.36 bits per heavy atom. The molecule has 0 saturated carbocycles. The number of carbonyl (C=O) groups is 1. The molecule has 1 atom stereocenters. The van der Waals surface area contributed by atoms with Crippen LogP contribution in [0.5, 0.6) is 11.5 Å². The summed E-state index contributed by atoms with van der Waals surface area (Å²) in [6.45, 7) is 0.585. The number of ether oxygens (including phenoxy) is 1. The highest BCUT2D eigenvalue weighted by molar-refractivity contribution is 5.85. The highest BCUT2D eigenvalue weighted by atomic mass is 19.4. The van der Waals surface area contributed by atoms with Gasteiger partial charge < -0.3 is 19.8 Å². The molecule has 0 aromatic heterocycles. The number of carboxylic acid groups (broad SMARTS) is 1. The van der Waals surface area contributed by atoms with E-state index in [4.69, 9.17) is 5.11 Å². The summed E-state index contributed by atoms with van der Waals surface area (Å²) in [5.74, 6) is -1.16. The van der Waals surface area contributed by atoms with Gasteiger partial charge in [-0.25, -0.2) is 4.79 Å². The molecule has 2 N–H and O–H groups in total. The van der Waals surface area contributed by atoms with E-state index in [1.54, 1.807) is 24.3 Å². The number of aliphatic carboxylic acids is 1. The number of phenolic OH excluding ortho intramolecular Hbond substituents is 1. The number of aromatic hydroxyl groups is 1. The molecule has 3 aromatic rings. The molecule has 0 aliphatic carbocycles. The molecule has 1 unspecified atom stereocenters. The van der Waals surface area contributed by atoms with Gasteiger partial charge in [-0.05, 0) is 71.1 Å². The van der Waals surface area contributed by atoms with Crippen LogP contribution in [0.3, 0.4) is 0 Å². The second-order valence-corrected chi connectivity index (χ2v) is 7.61. The highest BCUT2D eigenvalue weighted by Gasteiger charge is 2.32. The lowest BCUT2D eigenvalue weighted by Crippen LogP contribution is -2.36. The fraction of sp³-hybridized carbons (Fsp3) is 0.160. The molecular weight excluding hydrogens is 435 g/mol. The number of alkyl halides is 3. The average Bonchev–Trinajstić information content (AvgIpc) is 2.77. The lowest BCUT2D eigenvalue weighted by molar-refractivity contribution is -0.274. The summed E-state index contributed by atoms with van der Waals surface area (Å²) < 4.78 is 41.5. The number of hydrogen-bond acceptors (Lipinski definition) is 4. The standard InChI is InChI=1S/C25H20F3NO4/c26-25(27,28)33-21-9-6-19(7-10-21)29-14-13-18-15-20(30)8-11-22(18)24(29)17-4-1-16(2-5-17)3-12-23(31)32/h1-12,15,24,30H,13-14H2,(H,31,32)/b12-3+. The van der Waals surface area contributed by atoms with Gasteiger partial charge in [0, 0.05) is 18.3 Å². The van der Waals surface area contributed by atoms with E-state index < -0.39 is 12.3 Å². The average molecular weight is 455 g/mol. The van der Waals surface area contributed by atoms with E-state index in [9.17, 15) is 23.1 Å². The molecule has 0 bridgehead atoms. The third kappa shape index (κ3) is 5.28. The van der Waals surface area contributed by atoms with Gasteiger partial charge in [-0.15, -0.1) is 13.2 Å². The summed E-state index contributed by atoms with van der Waals surface area (Å²) in [4.78, 5) is 12.8. The zero-order valence-electron chi connectivity index (χ0n) is 17.3. The molecule has 5 nitrogen and oxygen atoms in total. The molecule has 1 aliphatic heterocycles. The maximum absolute atomic E-state index is 12.5. The summed E-state index contributed by atoms with van der Waals surface area (Å²) in [6, 6.07) is 18.1. The number of phenols is 1. The van der Waals surface area contributed by atoms with Gasteiger partial charge in [0.05, 0.1) is 6.04 Å². The van der Waals surface area contributed by atoms with Crippen molar-refractivity contribution < 1.29 is 32.9 Å². The van der Waals surface area contributed by atoms with Crippen LogP contribution < -0.4 is 9.64 Å². The van der Waals surface area contributed by atoms with E-state index in [0.29, 0.717) is 13.0 Å². The highest BCUT2D eigenvalue weighted by Crippen LogP contribution is 2.40. The van der Waals surface area contributed by atoms with Crippen molar-refractivity contribution in [1.82, 2.24) is 0 Å². The fourth-order valence-corrected chi connectivity index (χ4v) is 4.05. The number of nitrogens with zero attached hydrogens (tertiary/aromatic N) is 1. The van der Waals surface area contributed by atoms with Crippen molar-refractivity contribution in [2.45, 2.75) is 18.8 Å². The molecule has 0 fully saturated rings. The Morgan fingerprint density at radius 2 is 1.73 bits per heavy atom. The third-order valence-electron chi connectivity index (χ3n) is 5.43. The predicted molar refractivity (Wildman–Crippen MR) is 117 cm³/mol. The summed E-state index contributed by atoms with van der Waals surface area (Å²) in [5.41, 5.74) is 4.34. The Hall–Kier alpha value is -3.94. The van der Waals surface area contributed by atoms with Crippen molar-refractivity contribution in [2.75, 3.05) is 11.4 Å². The van der Waals surface area contributed by atoms with Crippen LogP contribution in [0.15, 0.2) is 72.8 Å². The van der Waals surface area contributed by atoms with Gasteiger partial charge in [-0.1, -0.05) is 30.3 Å². The molecule has 4 rings (SSSR count). The van der Waals surface area contributed by atoms with Crippen LogP contribution in [0, 0.1) is 0 Å². The largest absolute Gasteiger partial charge is 0.573 e. The zero-order valence-corrected chi connectivity index (χ0v) is 17.3. The van der Waals surface area contributed by atoms with Gasteiger partial charge in [0.1, 0.15) is 11.5 Å². The van der Waals surface area contributed by atoms with E-state index in [-0.39, 0.29) is 17.5 Å². The van der Waals surface area contributed by atoms with E-state index in [0.717, 1.165) is 34.0 Å². The lowest BCUT2D eigenvalue weighted by atomic mass is 9.87. The Labute approximate surface area is 188 Å². The molecule has 1 heterocycles. The number of hydrogen-bond donors (Lipinski definition) is 2. The van der Waals surface area contributed by atoms with Gasteiger partial charge in [0.2, 0.25) is 0 Å².